The largest absolute Gasteiger partial charge is 0.502 e. The molecule has 3 nitrogen and oxygen atoms in total. The Kier molecular flexibility index (Phi) is 2.36. The van der Waals surface area contributed by atoms with E-state index in [4.69, 9.17) is 14.0 Å². The molecule has 0 amide bonds. The Balaban J connectivity index is 2.23. The van der Waals surface area contributed by atoms with E-state index < -0.39 is 0 Å². The number of ether oxygens (including phenoxy) is 1. The summed E-state index contributed by atoms with van der Waals surface area (Å²) in [5.41, 5.74) is -0.422. The van der Waals surface area contributed by atoms with Crippen LogP contribution in [0.4, 0.5) is 0 Å². The molecule has 0 aromatic carbocycles. The van der Waals surface area contributed by atoms with Crippen LogP contribution < -0.4 is 0 Å². The van der Waals surface area contributed by atoms with Gasteiger partial charge in [-0.25, -0.2) is 0 Å². The highest BCUT2D eigenvalue weighted by Crippen LogP contribution is 2.41. The minimum absolute atomic E-state index is 0.199. The molecule has 0 aromatic heterocycles. The zero-order valence-electron chi connectivity index (χ0n) is 9.08. The van der Waals surface area contributed by atoms with E-state index in [1.54, 1.807) is 6.26 Å². The number of rotatable bonds is 0. The summed E-state index contributed by atoms with van der Waals surface area (Å²) in [5.74, 6) is 1.83. The predicted octanol–water partition coefficient (Wildman–Crippen LogP) is 1.92. The SMILES string of the molecule is CC1(C)OB2/C=C/OCCCC1(C)O2. The first-order valence-electron chi connectivity index (χ1n) is 5.17. The van der Waals surface area contributed by atoms with Crippen molar-refractivity contribution in [1.82, 2.24) is 0 Å². The zero-order valence-corrected chi connectivity index (χ0v) is 9.08. The van der Waals surface area contributed by atoms with Crippen LogP contribution in [0.25, 0.3) is 0 Å². The van der Waals surface area contributed by atoms with Crippen LogP contribution >= 0.6 is 0 Å². The molecule has 78 valence electrons. The van der Waals surface area contributed by atoms with Crippen LogP contribution in [0.3, 0.4) is 0 Å². The first kappa shape index (κ1) is 10.1. The van der Waals surface area contributed by atoms with Gasteiger partial charge in [0.15, 0.2) is 0 Å². The highest BCUT2D eigenvalue weighted by atomic mass is 16.7. The van der Waals surface area contributed by atoms with Crippen LogP contribution in [-0.4, -0.2) is 24.9 Å². The molecule has 2 heterocycles. The molecule has 0 saturated carbocycles. The molecule has 2 aliphatic rings. The molecule has 1 unspecified atom stereocenters. The molecule has 1 saturated heterocycles. The van der Waals surface area contributed by atoms with Crippen molar-refractivity contribution in [1.29, 1.82) is 0 Å². The van der Waals surface area contributed by atoms with E-state index in [0.717, 1.165) is 19.4 Å². The van der Waals surface area contributed by atoms with Crippen LogP contribution in [0.1, 0.15) is 33.6 Å². The van der Waals surface area contributed by atoms with E-state index >= 15 is 0 Å². The lowest BCUT2D eigenvalue weighted by molar-refractivity contribution is -0.0196. The van der Waals surface area contributed by atoms with Crippen molar-refractivity contribution in [2.24, 2.45) is 0 Å². The van der Waals surface area contributed by atoms with Gasteiger partial charge in [0.2, 0.25) is 0 Å². The maximum Gasteiger partial charge on any atom is 0.490 e. The van der Waals surface area contributed by atoms with E-state index in [1.165, 1.54) is 0 Å². The summed E-state index contributed by atoms with van der Waals surface area (Å²) in [5, 5.41) is 0. The molecule has 4 heteroatoms. The van der Waals surface area contributed by atoms with Crippen LogP contribution in [0.15, 0.2) is 12.2 Å². The maximum atomic E-state index is 5.90. The van der Waals surface area contributed by atoms with E-state index in [-0.39, 0.29) is 18.3 Å². The first-order valence-corrected chi connectivity index (χ1v) is 5.17. The van der Waals surface area contributed by atoms with Crippen molar-refractivity contribution in [3.63, 3.8) is 0 Å². The van der Waals surface area contributed by atoms with Crippen molar-refractivity contribution >= 4 is 7.12 Å². The summed E-state index contributed by atoms with van der Waals surface area (Å²) in [6.45, 7) is 7.05. The third-order valence-electron chi connectivity index (χ3n) is 3.31. The lowest BCUT2D eigenvalue weighted by Gasteiger charge is -2.36. The fraction of sp³-hybridized carbons (Fsp3) is 0.800. The average Bonchev–Trinajstić information content (AvgIpc) is 2.35. The molecule has 1 fully saturated rings. The second-order valence-corrected chi connectivity index (χ2v) is 4.65. The van der Waals surface area contributed by atoms with Crippen molar-refractivity contribution in [3.8, 4) is 0 Å². The lowest BCUT2D eigenvalue weighted by atomic mass is 9.84. The van der Waals surface area contributed by atoms with Gasteiger partial charge in [-0.15, -0.1) is 0 Å². The van der Waals surface area contributed by atoms with Gasteiger partial charge in [0.25, 0.3) is 0 Å². The van der Waals surface area contributed by atoms with Gasteiger partial charge in [0.1, 0.15) is 0 Å². The molecule has 1 atom stereocenters. The standard InChI is InChI=1S/C10H17BO3/c1-9(2)10(3)5-4-7-12-8-6-11(13-9)14-10/h6,8H,4-5,7H2,1-3H3/b8-6+. The molecule has 14 heavy (non-hydrogen) atoms. The third kappa shape index (κ3) is 1.57. The summed E-state index contributed by atoms with van der Waals surface area (Å²) in [7, 11) is -0.256. The van der Waals surface area contributed by atoms with Gasteiger partial charge in [-0.2, -0.15) is 0 Å². The summed E-state index contributed by atoms with van der Waals surface area (Å²) >= 11 is 0. The molecule has 0 spiro atoms. The topological polar surface area (TPSA) is 27.7 Å². The second kappa shape index (κ2) is 3.28. The number of hydrogen-bond donors (Lipinski definition) is 0. The Hall–Kier alpha value is -0.475. The smallest absolute Gasteiger partial charge is 0.490 e. The molecular formula is C10H17BO3. The van der Waals surface area contributed by atoms with Crippen molar-refractivity contribution in [3.05, 3.63) is 12.2 Å². The van der Waals surface area contributed by atoms with E-state index in [2.05, 4.69) is 20.8 Å². The van der Waals surface area contributed by atoms with Gasteiger partial charge in [0.05, 0.1) is 24.1 Å². The number of hydrogen-bond acceptors (Lipinski definition) is 3. The molecular weight excluding hydrogens is 179 g/mol. The Labute approximate surface area is 85.6 Å². The van der Waals surface area contributed by atoms with E-state index in [9.17, 15) is 0 Å². The summed E-state index contributed by atoms with van der Waals surface area (Å²) < 4.78 is 17.0. The molecule has 0 aliphatic carbocycles. The Morgan fingerprint density at radius 2 is 2.00 bits per heavy atom. The Bertz CT molecular complexity index is 252. The van der Waals surface area contributed by atoms with Crippen molar-refractivity contribution < 1.29 is 14.0 Å². The van der Waals surface area contributed by atoms with E-state index in [1.807, 2.05) is 5.98 Å². The van der Waals surface area contributed by atoms with Gasteiger partial charge in [-0.05, 0) is 39.6 Å². The minimum atomic E-state index is -0.256. The molecule has 0 radical (unpaired) electrons. The quantitative estimate of drug-likeness (QED) is 0.554. The molecule has 0 aromatic rings. The highest BCUT2D eigenvalue weighted by molar-refractivity contribution is 6.51. The molecule has 2 rings (SSSR count). The fourth-order valence-corrected chi connectivity index (χ4v) is 1.96. The highest BCUT2D eigenvalue weighted by Gasteiger charge is 2.52. The van der Waals surface area contributed by atoms with Crippen LogP contribution in [0, 0.1) is 0 Å². The summed E-state index contributed by atoms with van der Waals surface area (Å²) in [6.07, 6.45) is 3.65. The van der Waals surface area contributed by atoms with Crippen molar-refractivity contribution in [2.45, 2.75) is 44.8 Å². The Morgan fingerprint density at radius 1 is 1.21 bits per heavy atom. The minimum Gasteiger partial charge on any atom is -0.502 e. The predicted molar refractivity (Wildman–Crippen MR) is 54.7 cm³/mol. The average molecular weight is 196 g/mol. The lowest BCUT2D eigenvalue weighted by Crippen LogP contribution is -2.44. The number of fused-ring (bicyclic) bond motifs is 2. The maximum absolute atomic E-state index is 5.90. The van der Waals surface area contributed by atoms with E-state index in [0.29, 0.717) is 0 Å². The Morgan fingerprint density at radius 3 is 2.79 bits per heavy atom. The van der Waals surface area contributed by atoms with Gasteiger partial charge >= 0.3 is 7.12 Å². The van der Waals surface area contributed by atoms with Gasteiger partial charge < -0.3 is 14.0 Å². The van der Waals surface area contributed by atoms with Crippen LogP contribution in [-0.2, 0) is 14.0 Å². The van der Waals surface area contributed by atoms with Crippen LogP contribution in [0.2, 0.25) is 0 Å². The van der Waals surface area contributed by atoms with Gasteiger partial charge in [-0.1, -0.05) is 0 Å². The normalized spacial score (nSPS) is 38.1. The molecule has 2 bridgehead atoms. The fourth-order valence-electron chi connectivity index (χ4n) is 1.96. The molecule has 2 aliphatic heterocycles. The second-order valence-electron chi connectivity index (χ2n) is 4.65. The van der Waals surface area contributed by atoms with Crippen molar-refractivity contribution in [2.75, 3.05) is 6.61 Å². The monoisotopic (exact) mass is 196 g/mol. The van der Waals surface area contributed by atoms with Gasteiger partial charge in [0, 0.05) is 0 Å². The first-order chi connectivity index (χ1) is 6.54. The molecule has 0 N–H and O–H groups in total. The van der Waals surface area contributed by atoms with Crippen LogP contribution in [0.5, 0.6) is 0 Å². The summed E-state index contributed by atoms with van der Waals surface area (Å²) in [4.78, 5) is 0. The van der Waals surface area contributed by atoms with Gasteiger partial charge in [-0.3, -0.25) is 0 Å². The zero-order chi connectivity index (χ0) is 10.2. The summed E-state index contributed by atoms with van der Waals surface area (Å²) in [6, 6.07) is 0. The third-order valence-corrected chi connectivity index (χ3v) is 3.31.